The SMILES string of the molecule is CCn1nc(C)cc1C(=O)N1CCN(CC(C(=O)C(CN2CCN(C(=O)c3cc(C)nn3CC)CC2)c2ccc(F)cc2)c2ccc(F)cc2)CC1. The molecular weight excluding hydrogens is 666 g/mol. The van der Waals surface area contributed by atoms with E-state index in [0.717, 1.165) is 11.4 Å². The lowest BCUT2D eigenvalue weighted by molar-refractivity contribution is -0.123. The molecule has 4 heterocycles. The van der Waals surface area contributed by atoms with Crippen LogP contribution in [0.4, 0.5) is 8.78 Å². The first kappa shape index (κ1) is 37.0. The molecule has 13 heteroatoms. The van der Waals surface area contributed by atoms with Crippen molar-refractivity contribution in [3.05, 3.63) is 106 Å². The van der Waals surface area contributed by atoms with Gasteiger partial charge >= 0.3 is 0 Å². The number of carbonyl (C=O) groups excluding carboxylic acids is 3. The molecule has 11 nitrogen and oxygen atoms in total. The van der Waals surface area contributed by atoms with Gasteiger partial charge in [0.25, 0.3) is 11.8 Å². The summed E-state index contributed by atoms with van der Waals surface area (Å²) in [5.41, 5.74) is 4.15. The van der Waals surface area contributed by atoms with Gasteiger partial charge in [0.15, 0.2) is 0 Å². The Labute approximate surface area is 303 Å². The van der Waals surface area contributed by atoms with Crippen LogP contribution in [0, 0.1) is 25.5 Å². The van der Waals surface area contributed by atoms with E-state index in [2.05, 4.69) is 20.0 Å². The molecule has 2 atom stereocenters. The van der Waals surface area contributed by atoms with Crippen LogP contribution in [0.5, 0.6) is 0 Å². The van der Waals surface area contributed by atoms with Gasteiger partial charge in [-0.15, -0.1) is 0 Å². The molecule has 2 saturated heterocycles. The average Bonchev–Trinajstić information content (AvgIpc) is 3.74. The van der Waals surface area contributed by atoms with Gasteiger partial charge in [0.1, 0.15) is 28.8 Å². The van der Waals surface area contributed by atoms with E-state index >= 15 is 0 Å². The first-order valence-electron chi connectivity index (χ1n) is 18.2. The van der Waals surface area contributed by atoms with Gasteiger partial charge in [-0.1, -0.05) is 24.3 Å². The number of nitrogens with zero attached hydrogens (tertiary/aromatic N) is 8. The largest absolute Gasteiger partial charge is 0.335 e. The van der Waals surface area contributed by atoms with Crippen LogP contribution < -0.4 is 0 Å². The van der Waals surface area contributed by atoms with Gasteiger partial charge in [0.05, 0.1) is 23.2 Å². The Morgan fingerprint density at radius 2 is 0.942 bits per heavy atom. The summed E-state index contributed by atoms with van der Waals surface area (Å²) in [5.74, 6) is -2.12. The molecule has 52 heavy (non-hydrogen) atoms. The highest BCUT2D eigenvalue weighted by Gasteiger charge is 2.35. The van der Waals surface area contributed by atoms with Gasteiger partial charge in [-0.3, -0.25) is 33.5 Å². The number of ketones is 1. The van der Waals surface area contributed by atoms with E-state index in [9.17, 15) is 23.2 Å². The van der Waals surface area contributed by atoms with Crippen molar-refractivity contribution in [3.63, 3.8) is 0 Å². The molecule has 0 N–H and O–H groups in total. The molecule has 0 bridgehead atoms. The molecule has 0 saturated carbocycles. The van der Waals surface area contributed by atoms with Gasteiger partial charge in [0.2, 0.25) is 0 Å². The highest BCUT2D eigenvalue weighted by atomic mass is 19.1. The van der Waals surface area contributed by atoms with Gasteiger partial charge in [-0.05, 0) is 75.2 Å². The maximum atomic E-state index is 14.8. The first-order chi connectivity index (χ1) is 25.0. The Kier molecular flexibility index (Phi) is 11.6. The second-order valence-electron chi connectivity index (χ2n) is 13.8. The predicted molar refractivity (Wildman–Crippen MR) is 193 cm³/mol. The molecule has 0 spiro atoms. The molecule has 2 unspecified atom stereocenters. The van der Waals surface area contributed by atoms with Crippen molar-refractivity contribution >= 4 is 17.6 Å². The fraction of sp³-hybridized carbons (Fsp3) is 0.462. The average molecular weight is 715 g/mol. The standard InChI is InChI=1S/C39H48F2N8O3/c1-5-48-35(23-27(3)42-48)38(51)46-19-15-44(16-20-46)25-33(29-7-11-31(40)12-8-29)37(50)34(30-9-13-32(41)14-10-30)26-45-17-21-47(22-18-45)39(52)36-24-28(4)43-49(36)6-2/h7-14,23-24,33-34H,5-6,15-22,25-26H2,1-4H3. The monoisotopic (exact) mass is 714 g/mol. The van der Waals surface area contributed by atoms with E-state index in [1.165, 1.54) is 24.3 Å². The number of hydrogen-bond acceptors (Lipinski definition) is 7. The van der Waals surface area contributed by atoms with Gasteiger partial charge in [-0.25, -0.2) is 8.78 Å². The Balaban J connectivity index is 1.18. The molecule has 2 aromatic heterocycles. The third-order valence-corrected chi connectivity index (χ3v) is 10.3. The lowest BCUT2D eigenvalue weighted by Gasteiger charge is -2.38. The number of hydrogen-bond donors (Lipinski definition) is 0. The van der Waals surface area contributed by atoms with Crippen LogP contribution in [0.3, 0.4) is 0 Å². The van der Waals surface area contributed by atoms with Crippen molar-refractivity contribution < 1.29 is 23.2 Å². The third kappa shape index (κ3) is 8.31. The Hall–Kier alpha value is -4.75. The molecule has 2 aliphatic rings. The van der Waals surface area contributed by atoms with Crippen LogP contribution in [0.1, 0.15) is 69.2 Å². The first-order valence-corrected chi connectivity index (χ1v) is 18.2. The van der Waals surface area contributed by atoms with Crippen molar-refractivity contribution in [1.82, 2.24) is 39.2 Å². The van der Waals surface area contributed by atoms with E-state index in [1.807, 2.05) is 49.6 Å². The zero-order valence-electron chi connectivity index (χ0n) is 30.5. The number of benzene rings is 2. The minimum Gasteiger partial charge on any atom is -0.335 e. The van der Waals surface area contributed by atoms with Crippen molar-refractivity contribution in [3.8, 4) is 0 Å². The number of Topliss-reactive ketones (excluding diaryl/α,β-unsaturated/α-hetero) is 1. The van der Waals surface area contributed by atoms with Gasteiger partial charge in [0, 0.05) is 78.5 Å². The highest BCUT2D eigenvalue weighted by molar-refractivity contribution is 5.94. The molecule has 6 rings (SSSR count). The maximum Gasteiger partial charge on any atom is 0.272 e. The molecular formula is C39H48F2N8O3. The van der Waals surface area contributed by atoms with Crippen molar-refractivity contribution in [2.24, 2.45) is 0 Å². The van der Waals surface area contributed by atoms with Gasteiger partial charge < -0.3 is 9.80 Å². The lowest BCUT2D eigenvalue weighted by Crippen LogP contribution is -2.51. The number of amides is 2. The van der Waals surface area contributed by atoms with Crippen molar-refractivity contribution in [2.45, 2.75) is 52.6 Å². The van der Waals surface area contributed by atoms with Crippen LogP contribution in [-0.2, 0) is 17.9 Å². The van der Waals surface area contributed by atoms with E-state index < -0.39 is 11.8 Å². The molecule has 2 fully saturated rings. The van der Waals surface area contributed by atoms with Crippen molar-refractivity contribution in [2.75, 3.05) is 65.4 Å². The summed E-state index contributed by atoms with van der Waals surface area (Å²) in [6.07, 6.45) is 0. The number of carbonyl (C=O) groups is 3. The summed E-state index contributed by atoms with van der Waals surface area (Å²) < 4.78 is 31.7. The normalized spacial score (nSPS) is 17.0. The molecule has 0 radical (unpaired) electrons. The van der Waals surface area contributed by atoms with E-state index in [4.69, 9.17) is 0 Å². The zero-order valence-corrected chi connectivity index (χ0v) is 30.5. The van der Waals surface area contributed by atoms with Crippen molar-refractivity contribution in [1.29, 1.82) is 0 Å². The summed E-state index contributed by atoms with van der Waals surface area (Å²) in [6.45, 7) is 13.9. The second kappa shape index (κ2) is 16.3. The predicted octanol–water partition coefficient (Wildman–Crippen LogP) is 4.37. The smallest absolute Gasteiger partial charge is 0.272 e. The quantitative estimate of drug-likeness (QED) is 0.215. The van der Waals surface area contributed by atoms with Gasteiger partial charge in [-0.2, -0.15) is 10.2 Å². The molecule has 2 aliphatic heterocycles. The molecule has 4 aromatic rings. The molecule has 2 amide bonds. The van der Waals surface area contributed by atoms with Crippen LogP contribution in [0.15, 0.2) is 60.7 Å². The minimum absolute atomic E-state index is 0.0418. The number of halogens is 2. The third-order valence-electron chi connectivity index (χ3n) is 10.3. The van der Waals surface area contributed by atoms with Crippen LogP contribution in [-0.4, -0.2) is 122 Å². The van der Waals surface area contributed by atoms with Crippen LogP contribution in [0.2, 0.25) is 0 Å². The highest BCUT2D eigenvalue weighted by Crippen LogP contribution is 2.30. The topological polar surface area (TPSA) is 99.8 Å². The van der Waals surface area contributed by atoms with E-state index in [1.54, 1.807) is 33.6 Å². The fourth-order valence-electron chi connectivity index (χ4n) is 7.38. The maximum absolute atomic E-state index is 14.8. The second-order valence-corrected chi connectivity index (χ2v) is 13.8. The summed E-state index contributed by atoms with van der Waals surface area (Å²) >= 11 is 0. The summed E-state index contributed by atoms with van der Waals surface area (Å²) in [6, 6.07) is 15.8. The zero-order chi connectivity index (χ0) is 36.9. The molecule has 276 valence electrons. The Morgan fingerprint density at radius 3 is 1.27 bits per heavy atom. The number of piperazine rings is 2. The summed E-state index contributed by atoms with van der Waals surface area (Å²) in [7, 11) is 0. The Bertz CT molecular complexity index is 1720. The Morgan fingerprint density at radius 1 is 0.596 bits per heavy atom. The number of rotatable bonds is 12. The molecule has 2 aromatic carbocycles. The summed E-state index contributed by atoms with van der Waals surface area (Å²) in [5, 5.41) is 8.85. The van der Waals surface area contributed by atoms with Crippen LogP contribution in [0.25, 0.3) is 0 Å². The van der Waals surface area contributed by atoms with E-state index in [-0.39, 0.29) is 29.2 Å². The summed E-state index contributed by atoms with van der Waals surface area (Å²) in [4.78, 5) is 49.7. The fourth-order valence-corrected chi connectivity index (χ4v) is 7.38. The number of aromatic nitrogens is 4. The molecule has 0 aliphatic carbocycles. The van der Waals surface area contributed by atoms with Crippen LogP contribution >= 0.6 is 0 Å². The van der Waals surface area contributed by atoms with E-state index in [0.29, 0.717) is 101 Å². The minimum atomic E-state index is -0.595. The number of aryl methyl sites for hydroxylation is 4. The lowest BCUT2D eigenvalue weighted by atomic mass is 9.82.